The molecular formula is C22H30FN3O3. The molecule has 1 heterocycles. The number of carbonyl (C=O) groups is 3. The van der Waals surface area contributed by atoms with Crippen LogP contribution in [0.25, 0.3) is 0 Å². The van der Waals surface area contributed by atoms with Gasteiger partial charge >= 0.3 is 0 Å². The van der Waals surface area contributed by atoms with Crippen molar-refractivity contribution >= 4 is 17.7 Å². The summed E-state index contributed by atoms with van der Waals surface area (Å²) in [7, 11) is 0. The van der Waals surface area contributed by atoms with E-state index < -0.39 is 17.8 Å². The fraction of sp³-hybridized carbons (Fsp3) is 0.500. The molecular weight excluding hydrogens is 373 g/mol. The summed E-state index contributed by atoms with van der Waals surface area (Å²) in [6.07, 6.45) is 3.33. The Morgan fingerprint density at radius 2 is 1.83 bits per heavy atom. The highest BCUT2D eigenvalue weighted by Crippen LogP contribution is 2.23. The highest BCUT2D eigenvalue weighted by molar-refractivity contribution is 5.97. The number of amides is 3. The molecule has 0 radical (unpaired) electrons. The smallest absolute Gasteiger partial charge is 0.251 e. The maximum absolute atomic E-state index is 13.1. The second kappa shape index (κ2) is 10.7. The Hall–Kier alpha value is -2.70. The topological polar surface area (TPSA) is 78.5 Å². The molecule has 1 fully saturated rings. The van der Waals surface area contributed by atoms with Gasteiger partial charge in [-0.2, -0.15) is 0 Å². The number of nitrogens with zero attached hydrogens (tertiary/aromatic N) is 1. The molecule has 7 heteroatoms. The lowest BCUT2D eigenvalue weighted by Crippen LogP contribution is -2.53. The monoisotopic (exact) mass is 403 g/mol. The van der Waals surface area contributed by atoms with E-state index in [9.17, 15) is 18.8 Å². The number of hydrogen-bond donors (Lipinski definition) is 2. The Kier molecular flexibility index (Phi) is 8.36. The van der Waals surface area contributed by atoms with Crippen LogP contribution in [0.3, 0.4) is 0 Å². The molecule has 0 spiro atoms. The van der Waals surface area contributed by atoms with Crippen molar-refractivity contribution in [3.63, 3.8) is 0 Å². The number of piperidine rings is 1. The van der Waals surface area contributed by atoms with Crippen LogP contribution in [0, 0.1) is 17.7 Å². The van der Waals surface area contributed by atoms with Gasteiger partial charge in [0.25, 0.3) is 5.91 Å². The number of benzene rings is 1. The summed E-state index contributed by atoms with van der Waals surface area (Å²) in [6, 6.07) is 4.46. The van der Waals surface area contributed by atoms with Crippen LogP contribution in [-0.4, -0.2) is 48.3 Å². The number of likely N-dealkylation sites (tertiary alicyclic amines) is 1. The molecule has 2 N–H and O–H groups in total. The zero-order valence-corrected chi connectivity index (χ0v) is 17.1. The standard InChI is InChI=1S/C22H30FN3O3/c1-4-11-24-22(29)20(25-21(28)17-5-7-18(23)8-6-17)16-9-12-26(13-10-16)19(27)14-15(2)3/h4-8,15-16,20H,1,9-14H2,2-3H3,(H,24,29)(H,25,28). The van der Waals surface area contributed by atoms with Crippen molar-refractivity contribution in [3.8, 4) is 0 Å². The van der Waals surface area contributed by atoms with Gasteiger partial charge in [0, 0.05) is 31.6 Å². The molecule has 29 heavy (non-hydrogen) atoms. The fourth-order valence-electron chi connectivity index (χ4n) is 3.47. The van der Waals surface area contributed by atoms with Crippen LogP contribution >= 0.6 is 0 Å². The van der Waals surface area contributed by atoms with Gasteiger partial charge in [-0.25, -0.2) is 4.39 Å². The fourth-order valence-corrected chi connectivity index (χ4v) is 3.47. The zero-order chi connectivity index (χ0) is 21.4. The van der Waals surface area contributed by atoms with Crippen molar-refractivity contribution in [3.05, 3.63) is 48.3 Å². The van der Waals surface area contributed by atoms with Gasteiger partial charge in [0.15, 0.2) is 0 Å². The van der Waals surface area contributed by atoms with E-state index in [1.807, 2.05) is 18.7 Å². The first-order valence-electron chi connectivity index (χ1n) is 10.0. The highest BCUT2D eigenvalue weighted by Gasteiger charge is 2.33. The van der Waals surface area contributed by atoms with E-state index in [4.69, 9.17) is 0 Å². The molecule has 158 valence electrons. The average Bonchev–Trinajstić information content (AvgIpc) is 2.70. The number of halogens is 1. The molecule has 0 saturated carbocycles. The van der Waals surface area contributed by atoms with E-state index in [1.54, 1.807) is 6.08 Å². The largest absolute Gasteiger partial charge is 0.351 e. The van der Waals surface area contributed by atoms with Gasteiger partial charge in [0.2, 0.25) is 11.8 Å². The van der Waals surface area contributed by atoms with Crippen LogP contribution in [-0.2, 0) is 9.59 Å². The first-order valence-corrected chi connectivity index (χ1v) is 10.0. The molecule has 1 aliphatic heterocycles. The molecule has 1 atom stereocenters. The van der Waals surface area contributed by atoms with Gasteiger partial charge in [0.05, 0.1) is 0 Å². The van der Waals surface area contributed by atoms with Gasteiger partial charge < -0.3 is 15.5 Å². The third-order valence-corrected chi connectivity index (χ3v) is 5.04. The quantitative estimate of drug-likeness (QED) is 0.655. The van der Waals surface area contributed by atoms with E-state index in [1.165, 1.54) is 24.3 Å². The van der Waals surface area contributed by atoms with Crippen molar-refractivity contribution in [1.82, 2.24) is 15.5 Å². The number of carbonyl (C=O) groups excluding carboxylic acids is 3. The number of hydrogen-bond acceptors (Lipinski definition) is 3. The van der Waals surface area contributed by atoms with Gasteiger partial charge in [0.1, 0.15) is 11.9 Å². The predicted octanol–water partition coefficient (Wildman–Crippen LogP) is 2.51. The molecule has 1 unspecified atom stereocenters. The first kappa shape index (κ1) is 22.6. The lowest BCUT2D eigenvalue weighted by atomic mass is 9.88. The predicted molar refractivity (Wildman–Crippen MR) is 110 cm³/mol. The average molecular weight is 403 g/mol. The maximum Gasteiger partial charge on any atom is 0.251 e. The highest BCUT2D eigenvalue weighted by atomic mass is 19.1. The van der Waals surface area contributed by atoms with Crippen molar-refractivity contribution in [2.75, 3.05) is 19.6 Å². The Labute approximate surface area is 171 Å². The molecule has 1 aromatic carbocycles. The summed E-state index contributed by atoms with van der Waals surface area (Å²) in [6.45, 7) is 9.04. The number of rotatable bonds is 8. The lowest BCUT2D eigenvalue weighted by Gasteiger charge is -2.36. The third-order valence-electron chi connectivity index (χ3n) is 5.04. The number of nitrogens with one attached hydrogen (secondary N) is 2. The SMILES string of the molecule is C=CCNC(=O)C(NC(=O)c1ccc(F)cc1)C1CCN(C(=O)CC(C)C)CC1. The van der Waals surface area contributed by atoms with Crippen molar-refractivity contribution < 1.29 is 18.8 Å². The summed E-state index contributed by atoms with van der Waals surface area (Å²) >= 11 is 0. The summed E-state index contributed by atoms with van der Waals surface area (Å²) in [5, 5.41) is 5.54. The molecule has 1 aliphatic rings. The lowest BCUT2D eigenvalue weighted by molar-refractivity contribution is -0.133. The molecule has 1 aromatic rings. The first-order chi connectivity index (χ1) is 13.8. The summed E-state index contributed by atoms with van der Waals surface area (Å²) in [4.78, 5) is 39.4. The summed E-state index contributed by atoms with van der Waals surface area (Å²) in [5.74, 6) is -0.809. The molecule has 0 bridgehead atoms. The van der Waals surface area contributed by atoms with E-state index in [0.29, 0.717) is 44.8 Å². The van der Waals surface area contributed by atoms with Crippen LogP contribution in [0.2, 0.25) is 0 Å². The molecule has 2 rings (SSSR count). The van der Waals surface area contributed by atoms with Crippen molar-refractivity contribution in [1.29, 1.82) is 0 Å². The Morgan fingerprint density at radius 3 is 2.38 bits per heavy atom. The van der Waals surface area contributed by atoms with Gasteiger partial charge in [-0.15, -0.1) is 6.58 Å². The molecule has 3 amide bonds. The maximum atomic E-state index is 13.1. The van der Waals surface area contributed by atoms with Gasteiger partial charge in [-0.05, 0) is 48.9 Å². The van der Waals surface area contributed by atoms with E-state index in [0.717, 1.165) is 0 Å². The summed E-state index contributed by atoms with van der Waals surface area (Å²) < 4.78 is 13.1. The van der Waals surface area contributed by atoms with Crippen molar-refractivity contribution in [2.24, 2.45) is 11.8 Å². The zero-order valence-electron chi connectivity index (χ0n) is 17.1. The second-order valence-electron chi connectivity index (χ2n) is 7.81. The van der Waals surface area contributed by atoms with Gasteiger partial charge in [-0.3, -0.25) is 14.4 Å². The van der Waals surface area contributed by atoms with Crippen molar-refractivity contribution in [2.45, 2.75) is 39.2 Å². The van der Waals surface area contributed by atoms with Crippen LogP contribution < -0.4 is 10.6 Å². The van der Waals surface area contributed by atoms with E-state index in [-0.39, 0.29) is 23.3 Å². The minimum Gasteiger partial charge on any atom is -0.351 e. The Balaban J connectivity index is 2.05. The van der Waals surface area contributed by atoms with E-state index in [2.05, 4.69) is 17.2 Å². The van der Waals surface area contributed by atoms with Crippen LogP contribution in [0.4, 0.5) is 4.39 Å². The van der Waals surface area contributed by atoms with E-state index >= 15 is 0 Å². The van der Waals surface area contributed by atoms with Crippen LogP contribution in [0.1, 0.15) is 43.5 Å². The third kappa shape index (κ3) is 6.69. The summed E-state index contributed by atoms with van der Waals surface area (Å²) in [5.41, 5.74) is 0.289. The molecule has 1 saturated heterocycles. The second-order valence-corrected chi connectivity index (χ2v) is 7.81. The van der Waals surface area contributed by atoms with Crippen LogP contribution in [0.5, 0.6) is 0 Å². The minimum absolute atomic E-state index is 0.0905. The molecule has 6 nitrogen and oxygen atoms in total. The Bertz CT molecular complexity index is 725. The minimum atomic E-state index is -0.727. The Morgan fingerprint density at radius 1 is 1.21 bits per heavy atom. The van der Waals surface area contributed by atoms with Crippen LogP contribution in [0.15, 0.2) is 36.9 Å². The molecule has 0 aromatic heterocycles. The normalized spacial score (nSPS) is 15.7. The van der Waals surface area contributed by atoms with Gasteiger partial charge in [-0.1, -0.05) is 19.9 Å². The molecule has 0 aliphatic carbocycles.